The van der Waals surface area contributed by atoms with Crippen LogP contribution in [-0.2, 0) is 6.54 Å². The highest BCUT2D eigenvalue weighted by Crippen LogP contribution is 2.21. The normalized spacial score (nSPS) is 19.2. The number of thiophene rings is 1. The molecule has 90 valence electrons. The van der Waals surface area contributed by atoms with Crippen molar-refractivity contribution in [3.05, 3.63) is 22.4 Å². The molecule has 1 aromatic rings. The van der Waals surface area contributed by atoms with E-state index in [-0.39, 0.29) is 0 Å². The Balaban J connectivity index is 1.64. The summed E-state index contributed by atoms with van der Waals surface area (Å²) in [5.74, 6) is 0.930. The maximum atomic E-state index is 3.61. The van der Waals surface area contributed by atoms with Gasteiger partial charge in [0.15, 0.2) is 0 Å². The Morgan fingerprint density at radius 2 is 1.88 bits per heavy atom. The maximum absolute atomic E-state index is 3.61. The Bertz CT molecular complexity index is 260. The van der Waals surface area contributed by atoms with Gasteiger partial charge in [-0.1, -0.05) is 32.1 Å². The SMILES string of the molecule is c1cc(CNCC2CCCCCCC2)cs1. The molecule has 2 heteroatoms. The van der Waals surface area contributed by atoms with E-state index >= 15 is 0 Å². The molecule has 1 saturated carbocycles. The van der Waals surface area contributed by atoms with Crippen LogP contribution in [0.1, 0.15) is 50.5 Å². The average Bonchev–Trinajstić information content (AvgIpc) is 2.73. The molecule has 0 atom stereocenters. The van der Waals surface area contributed by atoms with Crippen molar-refractivity contribution in [3.8, 4) is 0 Å². The average molecular weight is 237 g/mol. The molecule has 0 bridgehead atoms. The molecular weight excluding hydrogens is 214 g/mol. The summed E-state index contributed by atoms with van der Waals surface area (Å²) in [6.45, 7) is 2.27. The van der Waals surface area contributed by atoms with Crippen molar-refractivity contribution in [1.29, 1.82) is 0 Å². The van der Waals surface area contributed by atoms with E-state index in [0.29, 0.717) is 0 Å². The monoisotopic (exact) mass is 237 g/mol. The fraction of sp³-hybridized carbons (Fsp3) is 0.714. The number of rotatable bonds is 4. The lowest BCUT2D eigenvalue weighted by molar-refractivity contribution is 0.361. The molecule has 0 unspecified atom stereocenters. The Hall–Kier alpha value is -0.340. The molecule has 2 rings (SSSR count). The van der Waals surface area contributed by atoms with Gasteiger partial charge in [0, 0.05) is 6.54 Å². The van der Waals surface area contributed by atoms with E-state index in [9.17, 15) is 0 Å². The van der Waals surface area contributed by atoms with Crippen molar-refractivity contribution in [1.82, 2.24) is 5.32 Å². The summed E-state index contributed by atoms with van der Waals surface area (Å²) >= 11 is 1.79. The van der Waals surface area contributed by atoms with Gasteiger partial charge in [0.2, 0.25) is 0 Å². The number of hydrogen-bond acceptors (Lipinski definition) is 2. The minimum atomic E-state index is 0.930. The lowest BCUT2D eigenvalue weighted by atomic mass is 9.91. The van der Waals surface area contributed by atoms with Crippen LogP contribution in [0.3, 0.4) is 0 Å². The van der Waals surface area contributed by atoms with E-state index in [0.717, 1.165) is 12.5 Å². The second-order valence-electron chi connectivity index (χ2n) is 4.97. The topological polar surface area (TPSA) is 12.0 Å². The van der Waals surface area contributed by atoms with Crippen LogP contribution in [-0.4, -0.2) is 6.54 Å². The summed E-state index contributed by atoms with van der Waals surface area (Å²) in [4.78, 5) is 0. The first-order valence-electron chi connectivity index (χ1n) is 6.67. The van der Waals surface area contributed by atoms with Crippen LogP contribution in [0.2, 0.25) is 0 Å². The second kappa shape index (κ2) is 7.08. The van der Waals surface area contributed by atoms with Gasteiger partial charge in [-0.2, -0.15) is 11.3 Å². The third kappa shape index (κ3) is 4.26. The predicted molar refractivity (Wildman–Crippen MR) is 71.8 cm³/mol. The van der Waals surface area contributed by atoms with Crippen molar-refractivity contribution < 1.29 is 0 Å². The Labute approximate surface area is 103 Å². The number of hydrogen-bond donors (Lipinski definition) is 1. The summed E-state index contributed by atoms with van der Waals surface area (Å²) in [6, 6.07) is 2.22. The van der Waals surface area contributed by atoms with Gasteiger partial charge in [0.1, 0.15) is 0 Å². The van der Waals surface area contributed by atoms with Crippen LogP contribution in [0.25, 0.3) is 0 Å². The Morgan fingerprint density at radius 3 is 2.56 bits per heavy atom. The van der Waals surface area contributed by atoms with Gasteiger partial charge in [-0.3, -0.25) is 0 Å². The molecule has 1 aromatic heterocycles. The zero-order chi connectivity index (χ0) is 11.1. The standard InChI is InChI=1S/C14H23NS/c1-2-4-6-13(7-5-3-1)10-15-11-14-8-9-16-12-14/h8-9,12-13,15H,1-7,10-11H2. The van der Waals surface area contributed by atoms with Crippen molar-refractivity contribution in [2.75, 3.05) is 6.54 Å². The van der Waals surface area contributed by atoms with Crippen molar-refractivity contribution >= 4 is 11.3 Å². The quantitative estimate of drug-likeness (QED) is 0.827. The molecule has 16 heavy (non-hydrogen) atoms. The highest BCUT2D eigenvalue weighted by Gasteiger charge is 2.10. The second-order valence-corrected chi connectivity index (χ2v) is 5.75. The molecule has 1 N–H and O–H groups in total. The van der Waals surface area contributed by atoms with Crippen molar-refractivity contribution in [3.63, 3.8) is 0 Å². The molecule has 1 aliphatic carbocycles. The van der Waals surface area contributed by atoms with Gasteiger partial charge in [-0.15, -0.1) is 0 Å². The van der Waals surface area contributed by atoms with E-state index < -0.39 is 0 Å². The van der Waals surface area contributed by atoms with Gasteiger partial charge in [0.25, 0.3) is 0 Å². The van der Waals surface area contributed by atoms with Crippen LogP contribution in [0.5, 0.6) is 0 Å². The van der Waals surface area contributed by atoms with E-state index in [4.69, 9.17) is 0 Å². The van der Waals surface area contributed by atoms with E-state index in [1.165, 1.54) is 57.1 Å². The molecule has 0 saturated heterocycles. The van der Waals surface area contributed by atoms with Crippen LogP contribution in [0, 0.1) is 5.92 Å². The Morgan fingerprint density at radius 1 is 1.12 bits per heavy atom. The van der Waals surface area contributed by atoms with E-state index in [1.54, 1.807) is 11.3 Å². The zero-order valence-electron chi connectivity index (χ0n) is 10.1. The largest absolute Gasteiger partial charge is 0.312 e. The Kier molecular flexibility index (Phi) is 5.36. The van der Waals surface area contributed by atoms with Gasteiger partial charge in [-0.05, 0) is 47.7 Å². The van der Waals surface area contributed by atoms with Crippen molar-refractivity contribution in [2.24, 2.45) is 5.92 Å². The molecule has 0 aliphatic heterocycles. The summed E-state index contributed by atoms with van der Waals surface area (Å²) in [7, 11) is 0. The molecular formula is C14H23NS. The van der Waals surface area contributed by atoms with Crippen LogP contribution < -0.4 is 5.32 Å². The lowest BCUT2D eigenvalue weighted by Crippen LogP contribution is -2.23. The molecule has 0 aromatic carbocycles. The highest BCUT2D eigenvalue weighted by atomic mass is 32.1. The first kappa shape index (κ1) is 12.1. The molecule has 0 amide bonds. The minimum absolute atomic E-state index is 0.930. The summed E-state index contributed by atoms with van der Waals surface area (Å²) in [5, 5.41) is 8.01. The van der Waals surface area contributed by atoms with E-state index in [2.05, 4.69) is 22.1 Å². The summed E-state index contributed by atoms with van der Waals surface area (Å²) < 4.78 is 0. The summed E-state index contributed by atoms with van der Waals surface area (Å²) in [6.07, 6.45) is 10.2. The highest BCUT2D eigenvalue weighted by molar-refractivity contribution is 7.07. The molecule has 0 spiro atoms. The smallest absolute Gasteiger partial charge is 0.0213 e. The molecule has 0 radical (unpaired) electrons. The van der Waals surface area contributed by atoms with Gasteiger partial charge < -0.3 is 5.32 Å². The fourth-order valence-corrected chi connectivity index (χ4v) is 3.23. The zero-order valence-corrected chi connectivity index (χ0v) is 10.9. The lowest BCUT2D eigenvalue weighted by Gasteiger charge is -2.19. The third-order valence-electron chi connectivity index (χ3n) is 3.57. The van der Waals surface area contributed by atoms with Crippen molar-refractivity contribution in [2.45, 2.75) is 51.5 Å². The maximum Gasteiger partial charge on any atom is 0.0213 e. The minimum Gasteiger partial charge on any atom is -0.312 e. The van der Waals surface area contributed by atoms with Crippen LogP contribution >= 0.6 is 11.3 Å². The molecule has 1 heterocycles. The molecule has 1 nitrogen and oxygen atoms in total. The first-order chi connectivity index (χ1) is 7.95. The first-order valence-corrected chi connectivity index (χ1v) is 7.61. The molecule has 1 fully saturated rings. The summed E-state index contributed by atoms with van der Waals surface area (Å²) in [5.41, 5.74) is 1.44. The van der Waals surface area contributed by atoms with E-state index in [1.807, 2.05) is 0 Å². The third-order valence-corrected chi connectivity index (χ3v) is 4.30. The van der Waals surface area contributed by atoms with Crippen LogP contribution in [0.4, 0.5) is 0 Å². The fourth-order valence-electron chi connectivity index (χ4n) is 2.56. The van der Waals surface area contributed by atoms with Gasteiger partial charge in [-0.25, -0.2) is 0 Å². The van der Waals surface area contributed by atoms with Gasteiger partial charge in [0.05, 0.1) is 0 Å². The number of nitrogens with one attached hydrogen (secondary N) is 1. The predicted octanol–water partition coefficient (Wildman–Crippen LogP) is 4.20. The van der Waals surface area contributed by atoms with Gasteiger partial charge >= 0.3 is 0 Å². The van der Waals surface area contributed by atoms with Crippen LogP contribution in [0.15, 0.2) is 16.8 Å². The molecule has 1 aliphatic rings.